The third-order valence-electron chi connectivity index (χ3n) is 5.38. The molecule has 0 spiro atoms. The van der Waals surface area contributed by atoms with E-state index in [9.17, 15) is 13.6 Å². The number of ether oxygens (including phenoxy) is 1. The smallest absolute Gasteiger partial charge is 0.295 e. The molecule has 0 heterocycles. The molecule has 0 aromatic heterocycles. The lowest BCUT2D eigenvalue weighted by Crippen LogP contribution is -2.41. The molecule has 0 amide bonds. The minimum absolute atomic E-state index is 0.191. The molecule has 30 heavy (non-hydrogen) atoms. The highest BCUT2D eigenvalue weighted by Crippen LogP contribution is 2.33. The first-order valence-corrected chi connectivity index (χ1v) is 10.9. The van der Waals surface area contributed by atoms with Crippen LogP contribution in [0.5, 0.6) is 5.75 Å². The Labute approximate surface area is 178 Å². The Morgan fingerprint density at radius 1 is 1.00 bits per heavy atom. The molecule has 0 aliphatic heterocycles. The fourth-order valence-electron chi connectivity index (χ4n) is 3.70. The zero-order valence-electron chi connectivity index (χ0n) is 16.4. The molecular formula is C24H23F2NO2S. The Bertz CT molecular complexity index is 1010. The summed E-state index contributed by atoms with van der Waals surface area (Å²) in [4.78, 5) is 12.1. The molecule has 156 valence electrons. The molecule has 1 unspecified atom stereocenters. The predicted molar refractivity (Wildman–Crippen MR) is 116 cm³/mol. The molecule has 1 aliphatic rings. The zero-order valence-corrected chi connectivity index (χ0v) is 17.2. The zero-order chi connectivity index (χ0) is 21.0. The summed E-state index contributed by atoms with van der Waals surface area (Å²) in [5.74, 6) is -2.45. The Hall–Kier alpha value is -2.44. The van der Waals surface area contributed by atoms with Crippen molar-refractivity contribution in [2.45, 2.75) is 48.6 Å². The number of hydrogen-bond donors (Lipinski definition) is 1. The number of hydrogen-bond acceptors (Lipinski definition) is 4. The maximum absolute atomic E-state index is 14.7. The minimum atomic E-state index is -3.31. The molecule has 3 nitrogen and oxygen atoms in total. The molecule has 1 saturated carbocycles. The van der Waals surface area contributed by atoms with E-state index in [1.165, 1.54) is 37.1 Å². The topological polar surface area (TPSA) is 38.3 Å². The van der Waals surface area contributed by atoms with Crippen molar-refractivity contribution in [1.82, 2.24) is 4.72 Å². The molecule has 4 rings (SSSR count). The Kier molecular flexibility index (Phi) is 6.35. The van der Waals surface area contributed by atoms with Crippen LogP contribution in [-0.4, -0.2) is 18.4 Å². The van der Waals surface area contributed by atoms with E-state index in [4.69, 9.17) is 4.74 Å². The summed E-state index contributed by atoms with van der Waals surface area (Å²) in [5.41, 5.74) is -0.191. The van der Waals surface area contributed by atoms with Crippen molar-refractivity contribution in [3.8, 4) is 5.75 Å². The standard InChI is InChI=1S/C24H23F2NO2S/c25-24(26,19-6-2-1-3-7-19)23(16-28)27-30-22-13-11-17-14-21(12-10-18(17)15-22)29-20-8-4-5-9-20/h1-3,6-7,10-16,20,23,27H,4-5,8-9H2. The van der Waals surface area contributed by atoms with Gasteiger partial charge in [0.05, 0.1) is 6.10 Å². The summed E-state index contributed by atoms with van der Waals surface area (Å²) >= 11 is 1.03. The van der Waals surface area contributed by atoms with Gasteiger partial charge < -0.3 is 9.53 Å². The predicted octanol–water partition coefficient (Wildman–Crippen LogP) is 6.12. The van der Waals surface area contributed by atoms with E-state index in [-0.39, 0.29) is 11.8 Å². The number of fused-ring (bicyclic) bond motifs is 1. The lowest BCUT2D eigenvalue weighted by atomic mass is 10.0. The van der Waals surface area contributed by atoms with Gasteiger partial charge in [0.15, 0.2) is 0 Å². The van der Waals surface area contributed by atoms with Crippen LogP contribution in [0.15, 0.2) is 71.6 Å². The number of carbonyl (C=O) groups is 1. The molecule has 0 bridgehead atoms. The van der Waals surface area contributed by atoms with Crippen LogP contribution in [0.2, 0.25) is 0 Å². The second-order valence-electron chi connectivity index (χ2n) is 7.52. The summed E-state index contributed by atoms with van der Waals surface area (Å²) in [6, 6.07) is 17.4. The average molecular weight is 428 g/mol. The van der Waals surface area contributed by atoms with Gasteiger partial charge >= 0.3 is 0 Å². The molecule has 1 fully saturated rings. The van der Waals surface area contributed by atoms with E-state index >= 15 is 0 Å². The van der Waals surface area contributed by atoms with Crippen LogP contribution in [0.25, 0.3) is 10.8 Å². The van der Waals surface area contributed by atoms with Gasteiger partial charge in [-0.2, -0.15) is 8.78 Å². The van der Waals surface area contributed by atoms with Gasteiger partial charge in [0.2, 0.25) is 0 Å². The van der Waals surface area contributed by atoms with Gasteiger partial charge in [-0.15, -0.1) is 0 Å². The van der Waals surface area contributed by atoms with Crippen LogP contribution < -0.4 is 9.46 Å². The van der Waals surface area contributed by atoms with Crippen LogP contribution in [0.4, 0.5) is 8.78 Å². The Balaban J connectivity index is 1.44. The van der Waals surface area contributed by atoms with E-state index in [0.717, 1.165) is 46.2 Å². The van der Waals surface area contributed by atoms with Crippen molar-refractivity contribution in [2.75, 3.05) is 0 Å². The van der Waals surface area contributed by atoms with Crippen LogP contribution >= 0.6 is 11.9 Å². The minimum Gasteiger partial charge on any atom is -0.490 e. The SMILES string of the molecule is O=CC(NSc1ccc2cc(OC3CCCC3)ccc2c1)C(F)(F)c1ccccc1. The van der Waals surface area contributed by atoms with Crippen molar-refractivity contribution >= 4 is 29.0 Å². The van der Waals surface area contributed by atoms with Gasteiger partial charge in [0, 0.05) is 10.5 Å². The van der Waals surface area contributed by atoms with Crippen LogP contribution in [0.1, 0.15) is 31.2 Å². The van der Waals surface area contributed by atoms with Crippen molar-refractivity contribution in [3.63, 3.8) is 0 Å². The first-order chi connectivity index (χ1) is 14.6. The van der Waals surface area contributed by atoms with Crippen molar-refractivity contribution < 1.29 is 18.3 Å². The summed E-state index contributed by atoms with van der Waals surface area (Å²) in [6.07, 6.45) is 5.20. The Morgan fingerprint density at radius 2 is 1.70 bits per heavy atom. The Morgan fingerprint density at radius 3 is 2.43 bits per heavy atom. The molecule has 1 N–H and O–H groups in total. The lowest BCUT2D eigenvalue weighted by molar-refractivity contribution is -0.119. The fourth-order valence-corrected chi connectivity index (χ4v) is 4.48. The maximum atomic E-state index is 14.7. The number of alkyl halides is 2. The number of halogens is 2. The highest BCUT2D eigenvalue weighted by atomic mass is 32.2. The molecule has 3 aromatic rings. The second-order valence-corrected chi connectivity index (χ2v) is 8.43. The normalized spacial score (nSPS) is 15.9. The van der Waals surface area contributed by atoms with Gasteiger partial charge in [0.25, 0.3) is 5.92 Å². The molecule has 1 atom stereocenters. The van der Waals surface area contributed by atoms with Gasteiger partial charge in [-0.25, -0.2) is 4.72 Å². The average Bonchev–Trinajstić information content (AvgIpc) is 3.27. The monoisotopic (exact) mass is 427 g/mol. The quantitative estimate of drug-likeness (QED) is 0.347. The molecule has 1 aliphatic carbocycles. The van der Waals surface area contributed by atoms with E-state index in [2.05, 4.69) is 4.72 Å². The van der Waals surface area contributed by atoms with E-state index in [1.54, 1.807) is 6.07 Å². The third-order valence-corrected chi connectivity index (χ3v) is 6.24. The molecule has 0 saturated heterocycles. The maximum Gasteiger partial charge on any atom is 0.295 e. The number of rotatable bonds is 8. The van der Waals surface area contributed by atoms with Gasteiger partial charge in [-0.1, -0.05) is 42.5 Å². The number of nitrogens with one attached hydrogen (secondary N) is 1. The van der Waals surface area contributed by atoms with Gasteiger partial charge in [-0.05, 0) is 72.7 Å². The van der Waals surface area contributed by atoms with Crippen molar-refractivity contribution in [1.29, 1.82) is 0 Å². The summed E-state index contributed by atoms with van der Waals surface area (Å²) in [5, 5.41) is 2.01. The number of carbonyl (C=O) groups excluding carboxylic acids is 1. The molecular weight excluding hydrogens is 404 g/mol. The van der Waals surface area contributed by atoms with Crippen molar-refractivity contribution in [2.24, 2.45) is 0 Å². The molecule has 0 radical (unpaired) electrons. The van der Waals surface area contributed by atoms with E-state index in [0.29, 0.717) is 6.10 Å². The first kappa shape index (κ1) is 20.8. The lowest BCUT2D eigenvalue weighted by Gasteiger charge is -2.23. The highest BCUT2D eigenvalue weighted by molar-refractivity contribution is 7.97. The van der Waals surface area contributed by atoms with Crippen LogP contribution in [0, 0.1) is 0 Å². The molecule has 3 aromatic carbocycles. The van der Waals surface area contributed by atoms with Crippen LogP contribution in [-0.2, 0) is 10.7 Å². The second kappa shape index (κ2) is 9.14. The summed E-state index contributed by atoms with van der Waals surface area (Å²) < 4.78 is 38.0. The van der Waals surface area contributed by atoms with Crippen LogP contribution in [0.3, 0.4) is 0 Å². The third kappa shape index (κ3) is 4.65. The van der Waals surface area contributed by atoms with Crippen molar-refractivity contribution in [3.05, 3.63) is 72.3 Å². The summed E-state index contributed by atoms with van der Waals surface area (Å²) in [7, 11) is 0. The molecule has 6 heteroatoms. The fraction of sp³-hybridized carbons (Fsp3) is 0.292. The van der Waals surface area contributed by atoms with E-state index < -0.39 is 12.0 Å². The van der Waals surface area contributed by atoms with Gasteiger partial charge in [-0.3, -0.25) is 0 Å². The number of aldehydes is 1. The summed E-state index contributed by atoms with van der Waals surface area (Å²) in [6.45, 7) is 0. The first-order valence-electron chi connectivity index (χ1n) is 10.1. The van der Waals surface area contributed by atoms with E-state index in [1.807, 2.05) is 36.4 Å². The number of benzene rings is 3. The largest absolute Gasteiger partial charge is 0.490 e. The highest BCUT2D eigenvalue weighted by Gasteiger charge is 2.41. The van der Waals surface area contributed by atoms with Gasteiger partial charge in [0.1, 0.15) is 18.1 Å².